The summed E-state index contributed by atoms with van der Waals surface area (Å²) >= 11 is 0. The van der Waals surface area contributed by atoms with E-state index in [2.05, 4.69) is 16.0 Å². The molecule has 2 atom stereocenters. The predicted molar refractivity (Wildman–Crippen MR) is 249 cm³/mol. The summed E-state index contributed by atoms with van der Waals surface area (Å²) < 4.78 is 16.8. The van der Waals surface area contributed by atoms with Crippen LogP contribution in [0.1, 0.15) is 93.6 Å². The van der Waals surface area contributed by atoms with Crippen LogP contribution in [-0.2, 0) is 19.1 Å². The highest BCUT2D eigenvalue weighted by Crippen LogP contribution is 2.42. The van der Waals surface area contributed by atoms with Gasteiger partial charge in [0.25, 0.3) is 0 Å². The maximum Gasteiger partial charge on any atom is 0.339 e. The summed E-state index contributed by atoms with van der Waals surface area (Å²) in [4.78, 5) is 94.6. The molecule has 7 rings (SSSR count). The zero-order valence-corrected chi connectivity index (χ0v) is 37.7. The van der Waals surface area contributed by atoms with Crippen LogP contribution >= 0.6 is 0 Å². The molecule has 1 saturated carbocycles. The third kappa shape index (κ3) is 11.9. The standard InChI is InChI=1S/C51H56N4O12/c1-30-8-6-9-31(2)46(30)50(63)66-29-43(59)40(53-48(60)41(24-32-10-4-3-5-11-32)54-51(64)55-20-22-65-23-21-55)12-7-19-52-28-42(58)33-13-16-36(39(25-33)49(61)62)47-37-17-14-34(56)26-44(37)67-45-27-35(57)15-18-38(45)47/h6,8-9,13-18,25-27,32,40-41,52,56H,3-5,7,10-12,19-24,28-29H2,1-2H3,(H,53,60)(H,54,64)(H,61,62)/t40-,41-/m0/s1. The number of nitrogens with one attached hydrogen (secondary N) is 3. The van der Waals surface area contributed by atoms with Gasteiger partial charge in [-0.05, 0) is 92.6 Å². The van der Waals surface area contributed by atoms with Crippen molar-refractivity contribution in [3.63, 3.8) is 0 Å². The van der Waals surface area contributed by atoms with E-state index in [1.165, 1.54) is 42.5 Å². The molecule has 2 aliphatic carbocycles. The number of carbonyl (C=O) groups excluding carboxylic acids is 5. The number of aromatic hydroxyl groups is 1. The van der Waals surface area contributed by atoms with E-state index in [1.807, 2.05) is 6.07 Å². The van der Waals surface area contributed by atoms with Gasteiger partial charge in [0, 0.05) is 47.3 Å². The molecular weight excluding hydrogens is 861 g/mol. The van der Waals surface area contributed by atoms with Gasteiger partial charge in [-0.2, -0.15) is 0 Å². The van der Waals surface area contributed by atoms with Crippen molar-refractivity contribution in [1.82, 2.24) is 20.9 Å². The molecule has 0 unspecified atom stereocenters. The number of benzene rings is 4. The van der Waals surface area contributed by atoms with Crippen LogP contribution < -0.4 is 21.4 Å². The second-order valence-electron chi connectivity index (χ2n) is 17.3. The first-order chi connectivity index (χ1) is 32.3. The van der Waals surface area contributed by atoms with E-state index in [0.717, 1.165) is 32.1 Å². The van der Waals surface area contributed by atoms with Crippen LogP contribution in [0.15, 0.2) is 82.0 Å². The molecule has 16 heteroatoms. The van der Waals surface area contributed by atoms with E-state index >= 15 is 0 Å². The van der Waals surface area contributed by atoms with E-state index in [4.69, 9.17) is 13.9 Å². The summed E-state index contributed by atoms with van der Waals surface area (Å²) in [6.07, 6.45) is 5.82. The number of hydrogen-bond donors (Lipinski definition) is 5. The normalized spacial score (nSPS) is 15.2. The first-order valence-corrected chi connectivity index (χ1v) is 22.8. The number of ether oxygens (including phenoxy) is 2. The number of aromatic carboxylic acids is 1. The molecule has 16 nitrogen and oxygen atoms in total. The number of ketones is 2. The molecule has 4 aliphatic rings. The molecule has 3 amide bonds. The molecule has 3 aromatic rings. The first-order valence-electron chi connectivity index (χ1n) is 22.8. The Labute approximate surface area is 387 Å². The molecular formula is C51H56N4O12. The van der Waals surface area contributed by atoms with Crippen molar-refractivity contribution < 1.29 is 52.9 Å². The van der Waals surface area contributed by atoms with Crippen molar-refractivity contribution in [2.24, 2.45) is 5.92 Å². The van der Waals surface area contributed by atoms with Gasteiger partial charge < -0.3 is 45.0 Å². The summed E-state index contributed by atoms with van der Waals surface area (Å²) in [5, 5.41) is 29.9. The molecule has 2 fully saturated rings. The fraction of sp³-hybridized carbons (Fsp3) is 0.392. The lowest BCUT2D eigenvalue weighted by Crippen LogP contribution is -2.56. The van der Waals surface area contributed by atoms with Crippen molar-refractivity contribution in [2.45, 2.75) is 77.3 Å². The van der Waals surface area contributed by atoms with Gasteiger partial charge >= 0.3 is 18.0 Å². The Kier molecular flexibility index (Phi) is 15.8. The van der Waals surface area contributed by atoms with Crippen LogP contribution in [0.4, 0.5) is 4.79 Å². The van der Waals surface area contributed by atoms with Gasteiger partial charge in [-0.3, -0.25) is 19.2 Å². The van der Waals surface area contributed by atoms with E-state index in [1.54, 1.807) is 43.0 Å². The number of carboxylic acid groups (broad SMARTS) is 1. The number of aryl methyl sites for hydroxylation is 2. The Morgan fingerprint density at radius 1 is 0.851 bits per heavy atom. The fourth-order valence-corrected chi connectivity index (χ4v) is 9.02. The summed E-state index contributed by atoms with van der Waals surface area (Å²) in [7, 11) is 0. The second kappa shape index (κ2) is 22.1. The molecule has 0 radical (unpaired) electrons. The van der Waals surface area contributed by atoms with Crippen molar-refractivity contribution in [3.05, 3.63) is 111 Å². The number of carbonyl (C=O) groups is 6. The van der Waals surface area contributed by atoms with Crippen molar-refractivity contribution in [1.29, 1.82) is 0 Å². The van der Waals surface area contributed by atoms with Crippen molar-refractivity contribution >= 4 is 46.4 Å². The van der Waals surface area contributed by atoms with Crippen molar-refractivity contribution in [2.75, 3.05) is 46.0 Å². The number of esters is 1. The average molecular weight is 917 g/mol. The maximum absolute atomic E-state index is 14.1. The Balaban J connectivity index is 1.04. The monoisotopic (exact) mass is 916 g/mol. The van der Waals surface area contributed by atoms with Crippen molar-refractivity contribution in [3.8, 4) is 28.2 Å². The second-order valence-corrected chi connectivity index (χ2v) is 17.3. The van der Waals surface area contributed by atoms with Crippen LogP contribution in [-0.4, -0.2) is 109 Å². The molecule has 0 spiro atoms. The molecule has 5 N–H and O–H groups in total. The Morgan fingerprint density at radius 3 is 2.31 bits per heavy atom. The smallest absolute Gasteiger partial charge is 0.339 e. The molecule has 1 saturated heterocycles. The van der Waals surface area contributed by atoms with Gasteiger partial charge in [0.1, 0.15) is 23.1 Å². The largest absolute Gasteiger partial charge is 0.508 e. The minimum Gasteiger partial charge on any atom is -0.508 e. The third-order valence-electron chi connectivity index (χ3n) is 12.6. The van der Waals surface area contributed by atoms with Gasteiger partial charge in [0.2, 0.25) is 5.91 Å². The maximum atomic E-state index is 14.1. The quantitative estimate of drug-likeness (QED) is 0.0277. The molecule has 0 bridgehead atoms. The number of nitrogens with zero attached hydrogens (tertiary/aromatic N) is 1. The fourth-order valence-electron chi connectivity index (χ4n) is 9.02. The zero-order valence-electron chi connectivity index (χ0n) is 37.7. The summed E-state index contributed by atoms with van der Waals surface area (Å²) in [6, 6.07) is 15.9. The lowest BCUT2D eigenvalue weighted by atomic mass is 9.84. The summed E-state index contributed by atoms with van der Waals surface area (Å²) in [5.74, 6) is -3.11. The molecule has 2 aliphatic heterocycles. The minimum atomic E-state index is -1.29. The lowest BCUT2D eigenvalue weighted by molar-refractivity contribution is -0.130. The molecule has 0 aromatic heterocycles. The highest BCUT2D eigenvalue weighted by Gasteiger charge is 2.32. The van der Waals surface area contributed by atoms with E-state index in [9.17, 15) is 43.8 Å². The van der Waals surface area contributed by atoms with Crippen LogP contribution in [0.2, 0.25) is 0 Å². The number of phenols is 1. The van der Waals surface area contributed by atoms with Gasteiger partial charge in [-0.1, -0.05) is 62.4 Å². The molecule has 2 heterocycles. The number of morpholine rings is 1. The Bertz CT molecular complexity index is 2660. The first kappa shape index (κ1) is 48.0. The highest BCUT2D eigenvalue weighted by atomic mass is 16.5. The molecule has 352 valence electrons. The third-order valence-corrected chi connectivity index (χ3v) is 12.6. The van der Waals surface area contributed by atoms with Gasteiger partial charge in [0.05, 0.1) is 36.9 Å². The molecule has 67 heavy (non-hydrogen) atoms. The number of rotatable bonds is 18. The van der Waals surface area contributed by atoms with E-state index in [0.29, 0.717) is 72.3 Å². The minimum absolute atomic E-state index is 0.0864. The van der Waals surface area contributed by atoms with Crippen LogP contribution in [0.5, 0.6) is 5.75 Å². The lowest BCUT2D eigenvalue weighted by Gasteiger charge is -2.31. The molecule has 3 aromatic carbocycles. The highest BCUT2D eigenvalue weighted by molar-refractivity contribution is 6.09. The number of Topliss-reactive ketones (excluding diaryl/α,β-unsaturated/α-hetero) is 2. The SMILES string of the molecule is Cc1cccc(C)c1C(=O)OCC(=O)[C@H](CCCNCC(=O)c1ccc(-c2c3ccc(=O)cc-3oc3cc(O)ccc23)c(C(=O)O)c1)NC(=O)[C@H](CC1CCCCC1)NC(=O)N1CCOCC1. The number of hydrogen-bond acceptors (Lipinski definition) is 12. The topological polar surface area (TPSA) is 231 Å². The van der Waals surface area contributed by atoms with E-state index < -0.39 is 48.1 Å². The van der Waals surface area contributed by atoms with E-state index in [-0.39, 0.29) is 70.7 Å². The zero-order chi connectivity index (χ0) is 47.6. The van der Waals surface area contributed by atoms with Gasteiger partial charge in [-0.15, -0.1) is 0 Å². The number of urea groups is 1. The van der Waals surface area contributed by atoms with Crippen LogP contribution in [0.3, 0.4) is 0 Å². The Hall–Kier alpha value is -6.91. The number of amides is 3. The predicted octanol–water partition coefficient (Wildman–Crippen LogP) is 6.43. The summed E-state index contributed by atoms with van der Waals surface area (Å²) in [6.45, 7) is 4.52. The van der Waals surface area contributed by atoms with Crippen LogP contribution in [0, 0.1) is 19.8 Å². The number of carboxylic acids is 1. The van der Waals surface area contributed by atoms with Crippen LogP contribution in [0.25, 0.3) is 33.4 Å². The number of fused-ring (bicyclic) bond motifs is 2. The Morgan fingerprint density at radius 2 is 1.58 bits per heavy atom. The summed E-state index contributed by atoms with van der Waals surface area (Å²) in [5.41, 5.74) is 2.77. The average Bonchev–Trinajstić information content (AvgIpc) is 3.31. The number of phenolic OH excluding ortho intramolecular Hbond substituents is 1. The van der Waals surface area contributed by atoms with Gasteiger partial charge in [0.15, 0.2) is 23.6 Å². The van der Waals surface area contributed by atoms with Gasteiger partial charge in [-0.25, -0.2) is 14.4 Å².